The van der Waals surface area contributed by atoms with Gasteiger partial charge < -0.3 is 9.64 Å². The zero-order valence-electron chi connectivity index (χ0n) is 16.1. The molecule has 0 saturated heterocycles. The Morgan fingerprint density at radius 2 is 2.11 bits per heavy atom. The van der Waals surface area contributed by atoms with Crippen LogP contribution in [0.2, 0.25) is 0 Å². The first kappa shape index (κ1) is 17.7. The molecule has 0 N–H and O–H groups in total. The lowest BCUT2D eigenvalue weighted by Gasteiger charge is -2.31. The van der Waals surface area contributed by atoms with Crippen molar-refractivity contribution in [2.45, 2.75) is 38.7 Å². The van der Waals surface area contributed by atoms with Crippen molar-refractivity contribution < 1.29 is 4.74 Å². The molecule has 1 atom stereocenters. The normalized spacial score (nSPS) is 19.0. The van der Waals surface area contributed by atoms with Gasteiger partial charge in [0.15, 0.2) is 0 Å². The minimum atomic E-state index is 0.544. The lowest BCUT2D eigenvalue weighted by molar-refractivity contribution is 0.276. The van der Waals surface area contributed by atoms with Crippen LogP contribution in [0.4, 0.5) is 0 Å². The summed E-state index contributed by atoms with van der Waals surface area (Å²) in [6.07, 6.45) is 10.8. The summed E-state index contributed by atoms with van der Waals surface area (Å²) in [4.78, 5) is 7.17. The van der Waals surface area contributed by atoms with Crippen LogP contribution in [0, 0.1) is 5.92 Å². The average Bonchev–Trinajstić information content (AvgIpc) is 3.16. The molecule has 2 aliphatic rings. The highest BCUT2D eigenvalue weighted by Crippen LogP contribution is 2.30. The number of hydrogen-bond acceptors (Lipinski definition) is 4. The van der Waals surface area contributed by atoms with Crippen LogP contribution in [0.25, 0.3) is 10.2 Å². The highest BCUT2D eigenvalue weighted by atomic mass is 32.1. The van der Waals surface area contributed by atoms with Gasteiger partial charge in [-0.05, 0) is 79.6 Å². The summed E-state index contributed by atoms with van der Waals surface area (Å²) in [5.74, 6) is 1.74. The summed E-state index contributed by atoms with van der Waals surface area (Å²) in [5.41, 5.74) is 4.03. The minimum Gasteiger partial charge on any atom is -0.486 e. The summed E-state index contributed by atoms with van der Waals surface area (Å²) < 4.78 is 7.29. The van der Waals surface area contributed by atoms with Crippen molar-refractivity contribution in [1.29, 1.82) is 0 Å². The molecule has 144 valence electrons. The molecule has 0 amide bonds. The molecule has 0 fully saturated rings. The number of aryl methyl sites for hydroxylation is 1. The quantitative estimate of drug-likeness (QED) is 0.568. The van der Waals surface area contributed by atoms with Gasteiger partial charge in [-0.1, -0.05) is 24.3 Å². The SMILES string of the molecule is C1=CN(CC2CCc3cc(OCc4nc5ccccc5s4)ccc3C2)CCC1. The molecule has 0 bridgehead atoms. The maximum absolute atomic E-state index is 6.07. The Morgan fingerprint density at radius 1 is 1.14 bits per heavy atom. The van der Waals surface area contributed by atoms with Crippen molar-refractivity contribution in [3.63, 3.8) is 0 Å². The molecule has 0 radical (unpaired) electrons. The van der Waals surface area contributed by atoms with E-state index in [-0.39, 0.29) is 0 Å². The van der Waals surface area contributed by atoms with Crippen LogP contribution in [-0.4, -0.2) is 23.0 Å². The molecule has 2 aromatic carbocycles. The molecular formula is C24H26N2OS. The van der Waals surface area contributed by atoms with E-state index < -0.39 is 0 Å². The number of nitrogens with zero attached hydrogens (tertiary/aromatic N) is 2. The summed E-state index contributed by atoms with van der Waals surface area (Å²) in [7, 11) is 0. The minimum absolute atomic E-state index is 0.544. The number of fused-ring (bicyclic) bond motifs is 2. The predicted octanol–water partition coefficient (Wildman–Crippen LogP) is 5.59. The van der Waals surface area contributed by atoms with Crippen LogP contribution in [0.3, 0.4) is 0 Å². The Morgan fingerprint density at radius 3 is 3.00 bits per heavy atom. The van der Waals surface area contributed by atoms with Crippen LogP contribution >= 0.6 is 11.3 Å². The molecule has 1 unspecified atom stereocenters. The molecule has 1 aliphatic heterocycles. The first-order chi connectivity index (χ1) is 13.8. The van der Waals surface area contributed by atoms with Gasteiger partial charge in [0, 0.05) is 13.1 Å². The second-order valence-corrected chi connectivity index (χ2v) is 9.04. The molecule has 0 saturated carbocycles. The summed E-state index contributed by atoms with van der Waals surface area (Å²) in [6.45, 7) is 2.96. The standard InChI is InChI=1S/C24H26N2OS/c1-4-12-26(13-5-1)16-18-8-9-20-15-21(11-10-19(20)14-18)27-17-24-25-22-6-2-3-7-23(22)28-24/h2-4,6-7,10-12,15,18H,1,5,8-9,13-14,16-17H2. The Balaban J connectivity index is 1.21. The molecular weight excluding hydrogens is 364 g/mol. The molecule has 3 nitrogen and oxygen atoms in total. The number of aromatic nitrogens is 1. The third-order valence-electron chi connectivity index (χ3n) is 5.83. The van der Waals surface area contributed by atoms with E-state index in [2.05, 4.69) is 58.6 Å². The van der Waals surface area contributed by atoms with E-state index in [4.69, 9.17) is 4.74 Å². The van der Waals surface area contributed by atoms with Crippen molar-refractivity contribution in [3.05, 3.63) is 70.9 Å². The largest absolute Gasteiger partial charge is 0.486 e. The van der Waals surface area contributed by atoms with E-state index in [1.54, 1.807) is 11.3 Å². The van der Waals surface area contributed by atoms with E-state index in [1.165, 1.54) is 54.6 Å². The van der Waals surface area contributed by atoms with Crippen molar-refractivity contribution in [2.75, 3.05) is 13.1 Å². The Kier molecular flexibility index (Phi) is 5.05. The second-order valence-electron chi connectivity index (χ2n) is 7.93. The number of benzene rings is 2. The van der Waals surface area contributed by atoms with Gasteiger partial charge in [0.1, 0.15) is 17.4 Å². The summed E-state index contributed by atoms with van der Waals surface area (Å²) in [6, 6.07) is 14.9. The van der Waals surface area contributed by atoms with E-state index >= 15 is 0 Å². The van der Waals surface area contributed by atoms with Gasteiger partial charge in [0.05, 0.1) is 10.2 Å². The molecule has 1 aromatic heterocycles. The molecule has 5 rings (SSSR count). The summed E-state index contributed by atoms with van der Waals surface area (Å²) in [5, 5.41) is 1.04. The maximum atomic E-state index is 6.07. The van der Waals surface area contributed by atoms with E-state index in [1.807, 2.05) is 6.07 Å². The number of para-hydroxylation sites is 1. The number of allylic oxidation sites excluding steroid dienone is 1. The van der Waals surface area contributed by atoms with Gasteiger partial charge in [-0.15, -0.1) is 11.3 Å². The zero-order valence-corrected chi connectivity index (χ0v) is 17.0. The van der Waals surface area contributed by atoms with Gasteiger partial charge in [0.2, 0.25) is 0 Å². The third-order valence-corrected chi connectivity index (χ3v) is 6.84. The molecule has 3 aromatic rings. The fourth-order valence-corrected chi connectivity index (χ4v) is 5.25. The smallest absolute Gasteiger partial charge is 0.140 e. The molecule has 4 heteroatoms. The van der Waals surface area contributed by atoms with Crippen LogP contribution in [-0.2, 0) is 19.4 Å². The number of ether oxygens (including phenoxy) is 1. The lowest BCUT2D eigenvalue weighted by atomic mass is 9.83. The Bertz CT molecular complexity index is 960. The molecule has 28 heavy (non-hydrogen) atoms. The highest BCUT2D eigenvalue weighted by molar-refractivity contribution is 7.18. The van der Waals surface area contributed by atoms with Crippen LogP contribution in [0.5, 0.6) is 5.75 Å². The topological polar surface area (TPSA) is 25.4 Å². The third kappa shape index (κ3) is 3.93. The van der Waals surface area contributed by atoms with E-state index in [0.29, 0.717) is 6.61 Å². The van der Waals surface area contributed by atoms with Gasteiger partial charge in [-0.3, -0.25) is 0 Å². The van der Waals surface area contributed by atoms with Crippen LogP contribution < -0.4 is 4.74 Å². The van der Waals surface area contributed by atoms with Crippen molar-refractivity contribution in [3.8, 4) is 5.75 Å². The van der Waals surface area contributed by atoms with Crippen LogP contribution in [0.15, 0.2) is 54.7 Å². The second kappa shape index (κ2) is 7.96. The van der Waals surface area contributed by atoms with E-state index in [0.717, 1.165) is 28.6 Å². The number of thiazole rings is 1. The first-order valence-corrected chi connectivity index (χ1v) is 11.1. The van der Waals surface area contributed by atoms with Crippen molar-refractivity contribution in [1.82, 2.24) is 9.88 Å². The predicted molar refractivity (Wildman–Crippen MR) is 116 cm³/mol. The lowest BCUT2D eigenvalue weighted by Crippen LogP contribution is -2.30. The first-order valence-electron chi connectivity index (χ1n) is 10.3. The van der Waals surface area contributed by atoms with Crippen LogP contribution in [0.1, 0.15) is 35.4 Å². The van der Waals surface area contributed by atoms with Gasteiger partial charge in [-0.2, -0.15) is 0 Å². The number of hydrogen-bond donors (Lipinski definition) is 0. The molecule has 2 heterocycles. The highest BCUT2D eigenvalue weighted by Gasteiger charge is 2.21. The molecule has 1 aliphatic carbocycles. The average molecular weight is 391 g/mol. The fourth-order valence-electron chi connectivity index (χ4n) is 4.37. The fraction of sp³-hybridized carbons (Fsp3) is 0.375. The monoisotopic (exact) mass is 390 g/mol. The maximum Gasteiger partial charge on any atom is 0.140 e. The van der Waals surface area contributed by atoms with Gasteiger partial charge in [0.25, 0.3) is 0 Å². The Labute approximate surface area is 170 Å². The zero-order chi connectivity index (χ0) is 18.8. The van der Waals surface area contributed by atoms with Gasteiger partial charge in [-0.25, -0.2) is 4.98 Å². The Hall–Kier alpha value is -2.33. The molecule has 0 spiro atoms. The van der Waals surface area contributed by atoms with E-state index in [9.17, 15) is 0 Å². The van der Waals surface area contributed by atoms with Gasteiger partial charge >= 0.3 is 0 Å². The van der Waals surface area contributed by atoms with Crippen molar-refractivity contribution in [2.24, 2.45) is 5.92 Å². The number of rotatable bonds is 5. The summed E-state index contributed by atoms with van der Waals surface area (Å²) >= 11 is 1.72. The van der Waals surface area contributed by atoms with Crippen molar-refractivity contribution >= 4 is 21.6 Å².